The van der Waals surface area contributed by atoms with Gasteiger partial charge < -0.3 is 4.74 Å². The minimum Gasteiger partial charge on any atom is -0.470 e. The molecule has 0 bridgehead atoms. The van der Waals surface area contributed by atoms with Crippen LogP contribution in [0.3, 0.4) is 0 Å². The summed E-state index contributed by atoms with van der Waals surface area (Å²) in [5.41, 5.74) is 3.71. The van der Waals surface area contributed by atoms with Gasteiger partial charge in [-0.05, 0) is 23.3 Å². The van der Waals surface area contributed by atoms with E-state index in [1.165, 1.54) is 15.8 Å². The van der Waals surface area contributed by atoms with E-state index < -0.39 is 0 Å². The van der Waals surface area contributed by atoms with E-state index in [0.29, 0.717) is 12.0 Å². The standard InChI is InChI=1S/C24H22N2OS/c1-3-9-19(10-4-1)23(20-11-5-2-6-12-20)26-15-18(16-26)17-27-24-25-21-13-7-8-14-22(21)28-24/h1-14,18,23H,15-17H2. The summed E-state index contributed by atoms with van der Waals surface area (Å²) in [4.78, 5) is 7.11. The number of benzene rings is 3. The number of ether oxygens (including phenoxy) is 1. The van der Waals surface area contributed by atoms with E-state index in [0.717, 1.165) is 30.4 Å². The van der Waals surface area contributed by atoms with Gasteiger partial charge in [0.15, 0.2) is 0 Å². The second kappa shape index (κ2) is 7.74. The van der Waals surface area contributed by atoms with Gasteiger partial charge in [-0.3, -0.25) is 4.90 Å². The maximum atomic E-state index is 6.02. The molecular formula is C24H22N2OS. The number of thiazole rings is 1. The van der Waals surface area contributed by atoms with Crippen LogP contribution in [0.5, 0.6) is 5.19 Å². The highest BCUT2D eigenvalue weighted by molar-refractivity contribution is 7.20. The van der Waals surface area contributed by atoms with Crippen molar-refractivity contribution in [1.29, 1.82) is 0 Å². The minimum absolute atomic E-state index is 0.307. The molecule has 5 rings (SSSR count). The molecule has 1 saturated heterocycles. The fourth-order valence-corrected chi connectivity index (χ4v) is 4.74. The van der Waals surface area contributed by atoms with Gasteiger partial charge in [0.2, 0.25) is 0 Å². The van der Waals surface area contributed by atoms with Crippen LogP contribution in [0.1, 0.15) is 17.2 Å². The molecule has 4 heteroatoms. The van der Waals surface area contributed by atoms with Crippen molar-refractivity contribution in [2.24, 2.45) is 5.92 Å². The first kappa shape index (κ1) is 17.4. The first-order valence-corrected chi connectivity index (χ1v) is 10.5. The molecule has 0 atom stereocenters. The number of hydrogen-bond donors (Lipinski definition) is 0. The smallest absolute Gasteiger partial charge is 0.274 e. The van der Waals surface area contributed by atoms with Gasteiger partial charge in [0.05, 0.1) is 22.9 Å². The lowest BCUT2D eigenvalue weighted by atomic mass is 9.90. The van der Waals surface area contributed by atoms with Gasteiger partial charge >= 0.3 is 0 Å². The Morgan fingerprint density at radius 2 is 1.46 bits per heavy atom. The molecule has 3 aromatic carbocycles. The van der Waals surface area contributed by atoms with E-state index in [1.807, 2.05) is 18.2 Å². The molecule has 0 amide bonds. The van der Waals surface area contributed by atoms with Crippen LogP contribution in [0.2, 0.25) is 0 Å². The van der Waals surface area contributed by atoms with E-state index in [4.69, 9.17) is 4.74 Å². The lowest BCUT2D eigenvalue weighted by molar-refractivity contribution is 0.0378. The second-order valence-electron chi connectivity index (χ2n) is 7.30. The van der Waals surface area contributed by atoms with E-state index in [2.05, 4.69) is 76.6 Å². The SMILES string of the molecule is c1ccc(C(c2ccccc2)N2CC(COc3nc4ccccc4s3)C2)cc1. The highest BCUT2D eigenvalue weighted by atomic mass is 32.1. The molecule has 1 aliphatic rings. The normalized spacial score (nSPS) is 15.0. The lowest BCUT2D eigenvalue weighted by Gasteiger charge is -2.44. The van der Waals surface area contributed by atoms with Crippen molar-refractivity contribution in [3.63, 3.8) is 0 Å². The van der Waals surface area contributed by atoms with Crippen molar-refractivity contribution < 1.29 is 4.74 Å². The fraction of sp³-hybridized carbons (Fsp3) is 0.208. The molecule has 1 aliphatic heterocycles. The summed E-state index contributed by atoms with van der Waals surface area (Å²) >= 11 is 1.63. The quantitative estimate of drug-likeness (QED) is 0.444. The number of rotatable bonds is 6. The van der Waals surface area contributed by atoms with Gasteiger partial charge in [-0.1, -0.05) is 84.1 Å². The Labute approximate surface area is 169 Å². The molecule has 4 aromatic rings. The van der Waals surface area contributed by atoms with Gasteiger partial charge in [-0.2, -0.15) is 0 Å². The van der Waals surface area contributed by atoms with Crippen molar-refractivity contribution in [3.8, 4) is 5.19 Å². The minimum atomic E-state index is 0.307. The van der Waals surface area contributed by atoms with Gasteiger partial charge in [0.25, 0.3) is 5.19 Å². The molecule has 0 unspecified atom stereocenters. The second-order valence-corrected chi connectivity index (χ2v) is 8.30. The van der Waals surface area contributed by atoms with Crippen molar-refractivity contribution in [2.75, 3.05) is 19.7 Å². The molecule has 0 aliphatic carbocycles. The van der Waals surface area contributed by atoms with Crippen LogP contribution >= 0.6 is 11.3 Å². The summed E-state index contributed by atoms with van der Waals surface area (Å²) in [6.45, 7) is 2.81. The zero-order chi connectivity index (χ0) is 18.8. The zero-order valence-corrected chi connectivity index (χ0v) is 16.4. The van der Waals surface area contributed by atoms with Crippen LogP contribution in [0.4, 0.5) is 0 Å². The third-order valence-corrected chi connectivity index (χ3v) is 6.25. The molecule has 28 heavy (non-hydrogen) atoms. The molecule has 0 spiro atoms. The average Bonchev–Trinajstić information content (AvgIpc) is 3.14. The Kier molecular flexibility index (Phi) is 4.81. The van der Waals surface area contributed by atoms with Crippen molar-refractivity contribution in [1.82, 2.24) is 9.88 Å². The zero-order valence-electron chi connectivity index (χ0n) is 15.6. The molecule has 140 valence electrons. The number of para-hydroxylation sites is 1. The Morgan fingerprint density at radius 1 is 0.857 bits per heavy atom. The number of aromatic nitrogens is 1. The third-order valence-electron chi connectivity index (χ3n) is 5.30. The molecule has 0 radical (unpaired) electrons. The average molecular weight is 387 g/mol. The fourth-order valence-electron chi connectivity index (χ4n) is 3.91. The predicted molar refractivity (Wildman–Crippen MR) is 115 cm³/mol. The van der Waals surface area contributed by atoms with Gasteiger partial charge in [0, 0.05) is 19.0 Å². The maximum Gasteiger partial charge on any atom is 0.274 e. The number of fused-ring (bicyclic) bond motifs is 1. The van der Waals surface area contributed by atoms with Gasteiger partial charge in [-0.15, -0.1) is 0 Å². The number of likely N-dealkylation sites (tertiary alicyclic amines) is 1. The van der Waals surface area contributed by atoms with E-state index >= 15 is 0 Å². The van der Waals surface area contributed by atoms with E-state index in [-0.39, 0.29) is 0 Å². The first-order valence-electron chi connectivity index (χ1n) is 9.69. The molecule has 1 fully saturated rings. The van der Waals surface area contributed by atoms with E-state index in [9.17, 15) is 0 Å². The van der Waals surface area contributed by atoms with Crippen LogP contribution in [0.15, 0.2) is 84.9 Å². The highest BCUT2D eigenvalue weighted by Crippen LogP contribution is 2.35. The van der Waals surface area contributed by atoms with Crippen molar-refractivity contribution in [2.45, 2.75) is 6.04 Å². The highest BCUT2D eigenvalue weighted by Gasteiger charge is 2.34. The number of hydrogen-bond acceptors (Lipinski definition) is 4. The molecule has 0 N–H and O–H groups in total. The Morgan fingerprint density at radius 3 is 2.11 bits per heavy atom. The molecule has 3 nitrogen and oxygen atoms in total. The largest absolute Gasteiger partial charge is 0.470 e. The predicted octanol–water partition coefficient (Wildman–Crippen LogP) is 5.40. The van der Waals surface area contributed by atoms with Gasteiger partial charge in [0.1, 0.15) is 0 Å². The Bertz CT molecular complexity index is 969. The third kappa shape index (κ3) is 3.53. The van der Waals surface area contributed by atoms with Crippen molar-refractivity contribution >= 4 is 21.6 Å². The summed E-state index contributed by atoms with van der Waals surface area (Å²) in [6, 6.07) is 30.0. The molecule has 2 heterocycles. The molecular weight excluding hydrogens is 364 g/mol. The Hall–Kier alpha value is -2.69. The summed E-state index contributed by atoms with van der Waals surface area (Å²) in [5, 5.41) is 0.780. The van der Waals surface area contributed by atoms with E-state index in [1.54, 1.807) is 11.3 Å². The first-order chi connectivity index (χ1) is 13.9. The molecule has 1 aromatic heterocycles. The summed E-state index contributed by atoms with van der Waals surface area (Å²) in [6.07, 6.45) is 0. The van der Waals surface area contributed by atoms with Gasteiger partial charge in [-0.25, -0.2) is 4.98 Å². The molecule has 0 saturated carbocycles. The van der Waals surface area contributed by atoms with Crippen molar-refractivity contribution in [3.05, 3.63) is 96.1 Å². The topological polar surface area (TPSA) is 25.4 Å². The van der Waals surface area contributed by atoms with Crippen LogP contribution in [0.25, 0.3) is 10.2 Å². The maximum absolute atomic E-state index is 6.02. The van der Waals surface area contributed by atoms with Crippen LogP contribution in [-0.2, 0) is 0 Å². The van der Waals surface area contributed by atoms with Crippen LogP contribution in [0, 0.1) is 5.92 Å². The van der Waals surface area contributed by atoms with Crippen LogP contribution < -0.4 is 4.74 Å². The Balaban J connectivity index is 1.25. The van der Waals surface area contributed by atoms with Crippen LogP contribution in [-0.4, -0.2) is 29.6 Å². The number of nitrogens with zero attached hydrogens (tertiary/aromatic N) is 2. The summed E-state index contributed by atoms with van der Waals surface area (Å²) in [5.74, 6) is 0.543. The monoisotopic (exact) mass is 386 g/mol. The summed E-state index contributed by atoms with van der Waals surface area (Å²) < 4.78 is 7.20. The summed E-state index contributed by atoms with van der Waals surface area (Å²) in [7, 11) is 0. The lowest BCUT2D eigenvalue weighted by Crippen LogP contribution is -2.50.